The Morgan fingerprint density at radius 3 is 1.49 bits per heavy atom. The Morgan fingerprint density at radius 1 is 0.800 bits per heavy atom. The monoisotopic (exact) mass is 480 g/mol. The molecule has 0 radical (unpaired) electrons. The van der Waals surface area contributed by atoms with Gasteiger partial charge in [-0.15, -0.1) is 0 Å². The molecule has 0 aliphatic rings. The van der Waals surface area contributed by atoms with Gasteiger partial charge in [-0.2, -0.15) is 0 Å². The van der Waals surface area contributed by atoms with Gasteiger partial charge in [-0.05, 0) is 48.2 Å². The highest BCUT2D eigenvalue weighted by atomic mass is 16.5. The number of hydrogen-bond acceptors (Lipinski definition) is 4. The fourth-order valence-corrected chi connectivity index (χ4v) is 3.61. The van der Waals surface area contributed by atoms with Crippen molar-refractivity contribution in [1.82, 2.24) is 0 Å². The van der Waals surface area contributed by atoms with E-state index in [0.29, 0.717) is 13.2 Å². The zero-order valence-electron chi connectivity index (χ0n) is 21.4. The molecule has 0 saturated carbocycles. The predicted molar refractivity (Wildman–Crippen MR) is 137 cm³/mol. The molecule has 2 N–H and O–H groups in total. The molecule has 0 aliphatic carbocycles. The van der Waals surface area contributed by atoms with E-state index in [2.05, 4.69) is 38.1 Å². The molecule has 2 rings (SSSR count). The molecule has 2 unspecified atom stereocenters. The minimum absolute atomic E-state index is 0.0125. The highest BCUT2D eigenvalue weighted by Crippen LogP contribution is 2.36. The summed E-state index contributed by atoms with van der Waals surface area (Å²) in [5, 5.41) is 17.5. The van der Waals surface area contributed by atoms with Crippen molar-refractivity contribution in [2.45, 2.75) is 47.0 Å². The zero-order valence-corrected chi connectivity index (χ0v) is 21.4. The lowest BCUT2D eigenvalue weighted by Gasteiger charge is -2.28. The second-order valence-corrected chi connectivity index (χ2v) is 9.56. The molecule has 35 heavy (non-hydrogen) atoms. The SMILES string of the molecule is Cc1cc(C(C)(C)c2ccc(OCC(C)/C=C/C(=O)O)c(C)c2)ccc1OCC(C)/C=C/C(=O)O. The Bertz CT molecular complexity index is 1010. The van der Waals surface area contributed by atoms with Crippen LogP contribution >= 0.6 is 0 Å². The Labute approximate surface area is 207 Å². The van der Waals surface area contributed by atoms with E-state index in [1.54, 1.807) is 12.2 Å². The van der Waals surface area contributed by atoms with Gasteiger partial charge in [-0.1, -0.05) is 64.1 Å². The molecule has 2 aromatic carbocycles. The molecular weight excluding hydrogens is 444 g/mol. The largest absolute Gasteiger partial charge is 0.493 e. The van der Waals surface area contributed by atoms with E-state index < -0.39 is 11.9 Å². The first-order chi connectivity index (χ1) is 16.4. The van der Waals surface area contributed by atoms with E-state index in [4.69, 9.17) is 19.7 Å². The number of ether oxygens (including phenoxy) is 2. The van der Waals surface area contributed by atoms with Crippen LogP contribution in [0.1, 0.15) is 49.9 Å². The van der Waals surface area contributed by atoms with Crippen LogP contribution in [0.15, 0.2) is 60.7 Å². The first-order valence-corrected chi connectivity index (χ1v) is 11.7. The molecule has 2 atom stereocenters. The number of carbonyl (C=O) groups is 2. The second-order valence-electron chi connectivity index (χ2n) is 9.56. The highest BCUT2D eigenvalue weighted by molar-refractivity contribution is 5.80. The predicted octanol–water partition coefficient (Wildman–Crippen LogP) is 5.94. The lowest BCUT2D eigenvalue weighted by Crippen LogP contribution is -2.19. The van der Waals surface area contributed by atoms with Crippen molar-refractivity contribution in [3.05, 3.63) is 83.0 Å². The summed E-state index contributed by atoms with van der Waals surface area (Å²) in [5.41, 5.74) is 4.10. The summed E-state index contributed by atoms with van der Waals surface area (Å²) >= 11 is 0. The van der Waals surface area contributed by atoms with Gasteiger partial charge in [0, 0.05) is 29.4 Å². The van der Waals surface area contributed by atoms with E-state index in [0.717, 1.165) is 45.9 Å². The molecule has 188 valence electrons. The third-order valence-electron chi connectivity index (χ3n) is 5.93. The smallest absolute Gasteiger partial charge is 0.327 e. The van der Waals surface area contributed by atoms with Crippen molar-refractivity contribution >= 4 is 11.9 Å². The molecule has 0 heterocycles. The molecule has 0 saturated heterocycles. The quantitative estimate of drug-likeness (QED) is 0.365. The molecule has 2 aromatic rings. The summed E-state index contributed by atoms with van der Waals surface area (Å²) < 4.78 is 11.8. The van der Waals surface area contributed by atoms with E-state index in [1.807, 2.05) is 39.8 Å². The molecule has 0 aromatic heterocycles. The second kappa shape index (κ2) is 12.2. The summed E-state index contributed by atoms with van der Waals surface area (Å²) in [5.74, 6) is -0.381. The Kier molecular flexibility index (Phi) is 9.69. The molecule has 0 amide bonds. The maximum Gasteiger partial charge on any atom is 0.327 e. The van der Waals surface area contributed by atoms with Crippen molar-refractivity contribution in [2.24, 2.45) is 11.8 Å². The van der Waals surface area contributed by atoms with Crippen molar-refractivity contribution in [1.29, 1.82) is 0 Å². The molecule has 0 aliphatic heterocycles. The van der Waals surface area contributed by atoms with Crippen LogP contribution in [0.3, 0.4) is 0 Å². The average Bonchev–Trinajstić information content (AvgIpc) is 2.79. The standard InChI is InChI=1S/C29H36O6/c1-19(7-13-27(30)31)17-34-25-11-9-23(15-21(25)3)29(5,6)24-10-12-26(22(4)16-24)35-18-20(2)8-14-28(32)33/h7-16,19-20H,17-18H2,1-6H3,(H,30,31)(H,32,33)/b13-7+,14-8+. The average molecular weight is 481 g/mol. The molecular formula is C29H36O6. The molecule has 0 spiro atoms. The van der Waals surface area contributed by atoms with Crippen LogP contribution in [0.4, 0.5) is 0 Å². The summed E-state index contributed by atoms with van der Waals surface area (Å²) in [6, 6.07) is 12.3. The number of benzene rings is 2. The van der Waals surface area contributed by atoms with Crippen LogP contribution in [-0.2, 0) is 15.0 Å². The number of carboxylic acids is 2. The molecule has 0 fully saturated rings. The highest BCUT2D eigenvalue weighted by Gasteiger charge is 2.24. The van der Waals surface area contributed by atoms with Crippen LogP contribution in [0.5, 0.6) is 11.5 Å². The first kappa shape index (κ1) is 27.7. The van der Waals surface area contributed by atoms with Crippen LogP contribution < -0.4 is 9.47 Å². The molecule has 6 nitrogen and oxygen atoms in total. The maximum absolute atomic E-state index is 10.7. The van der Waals surface area contributed by atoms with Crippen molar-refractivity contribution in [3.63, 3.8) is 0 Å². The lowest BCUT2D eigenvalue weighted by molar-refractivity contribution is -0.132. The number of hydrogen-bond donors (Lipinski definition) is 2. The van der Waals surface area contributed by atoms with E-state index in [1.165, 1.54) is 0 Å². The normalized spacial score (nSPS) is 13.7. The summed E-state index contributed by atoms with van der Waals surface area (Å²) in [6.45, 7) is 13.0. The van der Waals surface area contributed by atoms with E-state index in [-0.39, 0.29) is 17.3 Å². The van der Waals surface area contributed by atoms with E-state index in [9.17, 15) is 9.59 Å². The molecule has 0 bridgehead atoms. The fourth-order valence-electron chi connectivity index (χ4n) is 3.61. The van der Waals surface area contributed by atoms with Crippen molar-refractivity contribution < 1.29 is 29.3 Å². The van der Waals surface area contributed by atoms with Gasteiger partial charge in [0.1, 0.15) is 11.5 Å². The van der Waals surface area contributed by atoms with Crippen molar-refractivity contribution in [3.8, 4) is 11.5 Å². The van der Waals surface area contributed by atoms with Gasteiger partial charge in [0.15, 0.2) is 0 Å². The van der Waals surface area contributed by atoms with Gasteiger partial charge in [0.2, 0.25) is 0 Å². The summed E-state index contributed by atoms with van der Waals surface area (Å²) in [6.07, 6.45) is 5.53. The summed E-state index contributed by atoms with van der Waals surface area (Å²) in [7, 11) is 0. The van der Waals surface area contributed by atoms with Gasteiger partial charge >= 0.3 is 11.9 Å². The van der Waals surface area contributed by atoms with Crippen LogP contribution in [0, 0.1) is 25.7 Å². The van der Waals surface area contributed by atoms with Gasteiger partial charge in [0.25, 0.3) is 0 Å². The fraction of sp³-hybridized carbons (Fsp3) is 0.379. The number of carboxylic acid groups (broad SMARTS) is 2. The topological polar surface area (TPSA) is 93.1 Å². The Morgan fingerprint density at radius 2 is 1.17 bits per heavy atom. The minimum atomic E-state index is -0.961. The Balaban J connectivity index is 2.11. The third-order valence-corrected chi connectivity index (χ3v) is 5.93. The lowest BCUT2D eigenvalue weighted by atomic mass is 9.77. The van der Waals surface area contributed by atoms with Crippen LogP contribution in [-0.4, -0.2) is 35.4 Å². The van der Waals surface area contributed by atoms with Gasteiger partial charge < -0.3 is 19.7 Å². The van der Waals surface area contributed by atoms with Gasteiger partial charge in [-0.3, -0.25) is 0 Å². The third kappa shape index (κ3) is 8.32. The molecule has 6 heteroatoms. The maximum atomic E-state index is 10.7. The minimum Gasteiger partial charge on any atom is -0.493 e. The Hall–Kier alpha value is -3.54. The van der Waals surface area contributed by atoms with Crippen molar-refractivity contribution in [2.75, 3.05) is 13.2 Å². The number of rotatable bonds is 12. The number of aryl methyl sites for hydroxylation is 2. The van der Waals surface area contributed by atoms with E-state index >= 15 is 0 Å². The van der Waals surface area contributed by atoms with Gasteiger partial charge in [0.05, 0.1) is 13.2 Å². The van der Waals surface area contributed by atoms with Crippen LogP contribution in [0.2, 0.25) is 0 Å². The first-order valence-electron chi connectivity index (χ1n) is 11.7. The summed E-state index contributed by atoms with van der Waals surface area (Å²) in [4.78, 5) is 21.3. The van der Waals surface area contributed by atoms with Gasteiger partial charge in [-0.25, -0.2) is 9.59 Å². The number of aliphatic carboxylic acids is 2. The van der Waals surface area contributed by atoms with Crippen LogP contribution in [0.25, 0.3) is 0 Å². The zero-order chi connectivity index (χ0) is 26.2.